The first-order valence-corrected chi connectivity index (χ1v) is 11.1. The number of amides is 1. The van der Waals surface area contributed by atoms with Gasteiger partial charge in [0.15, 0.2) is 5.78 Å². The molecule has 0 bridgehead atoms. The van der Waals surface area contributed by atoms with E-state index in [-0.39, 0.29) is 35.4 Å². The van der Waals surface area contributed by atoms with E-state index < -0.39 is 10.0 Å². The molecule has 0 aliphatic carbocycles. The summed E-state index contributed by atoms with van der Waals surface area (Å²) in [6.07, 6.45) is 1.49. The van der Waals surface area contributed by atoms with E-state index in [1.165, 1.54) is 30.5 Å². The zero-order valence-electron chi connectivity index (χ0n) is 16.5. The molecule has 0 saturated carbocycles. The second-order valence-corrected chi connectivity index (χ2v) is 8.75. The fourth-order valence-corrected chi connectivity index (χ4v) is 3.70. The van der Waals surface area contributed by atoms with Crippen LogP contribution in [-0.2, 0) is 14.8 Å². The second-order valence-electron chi connectivity index (χ2n) is 6.63. The van der Waals surface area contributed by atoms with Crippen molar-refractivity contribution >= 4 is 45.0 Å². The van der Waals surface area contributed by atoms with Gasteiger partial charge in [-0.05, 0) is 61.5 Å². The number of aryl methyl sites for hydroxylation is 1. The molecule has 0 atom stereocenters. The minimum absolute atomic E-state index is 0.00600. The summed E-state index contributed by atoms with van der Waals surface area (Å²) in [6.45, 7) is 1.72. The summed E-state index contributed by atoms with van der Waals surface area (Å²) in [5.41, 5.74) is 1.52. The fourth-order valence-electron chi connectivity index (χ4n) is 2.63. The molecule has 0 fully saturated rings. The molecule has 0 aliphatic rings. The summed E-state index contributed by atoms with van der Waals surface area (Å²) in [7, 11) is -3.87. The van der Waals surface area contributed by atoms with Crippen LogP contribution in [0, 0.1) is 6.92 Å². The first-order chi connectivity index (χ1) is 14.7. The minimum Gasteiger partial charge on any atom is -0.326 e. The number of ketones is 1. The van der Waals surface area contributed by atoms with Crippen molar-refractivity contribution < 1.29 is 18.0 Å². The molecule has 8 nitrogen and oxygen atoms in total. The van der Waals surface area contributed by atoms with Crippen molar-refractivity contribution in [1.82, 2.24) is 9.97 Å². The van der Waals surface area contributed by atoms with Crippen LogP contribution in [0.3, 0.4) is 0 Å². The number of aromatic nitrogens is 2. The second kappa shape index (κ2) is 9.67. The molecule has 160 valence electrons. The van der Waals surface area contributed by atoms with Crippen molar-refractivity contribution in [3.63, 3.8) is 0 Å². The summed E-state index contributed by atoms with van der Waals surface area (Å²) in [4.78, 5) is 32.1. The number of rotatable bonds is 8. The average Bonchev–Trinajstić information content (AvgIpc) is 2.72. The number of carbonyl (C=O) groups is 2. The molecule has 1 aromatic heterocycles. The van der Waals surface area contributed by atoms with Crippen molar-refractivity contribution in [3.8, 4) is 0 Å². The van der Waals surface area contributed by atoms with E-state index in [1.54, 1.807) is 37.3 Å². The molecule has 0 spiro atoms. The number of nitrogens with zero attached hydrogens (tertiary/aromatic N) is 2. The summed E-state index contributed by atoms with van der Waals surface area (Å²) in [5.74, 6) is -0.551. The van der Waals surface area contributed by atoms with Crippen LogP contribution < -0.4 is 10.0 Å². The van der Waals surface area contributed by atoms with Crippen molar-refractivity contribution in [2.45, 2.75) is 24.7 Å². The Bertz CT molecular complexity index is 1200. The van der Waals surface area contributed by atoms with E-state index in [9.17, 15) is 18.0 Å². The monoisotopic (exact) mass is 458 g/mol. The van der Waals surface area contributed by atoms with Crippen LogP contribution in [0.1, 0.15) is 28.9 Å². The molecule has 2 aromatic carbocycles. The highest BCUT2D eigenvalue weighted by Gasteiger charge is 2.16. The summed E-state index contributed by atoms with van der Waals surface area (Å²) in [5, 5.41) is 3.17. The predicted molar refractivity (Wildman–Crippen MR) is 118 cm³/mol. The SMILES string of the molecule is Cc1ccnc(NS(=O)(=O)c2ccc(NC(=O)CCC(=O)c3ccc(Cl)cc3)cc2)n1. The van der Waals surface area contributed by atoms with E-state index in [4.69, 9.17) is 11.6 Å². The van der Waals surface area contributed by atoms with E-state index in [1.807, 2.05) is 0 Å². The Morgan fingerprint density at radius 2 is 1.65 bits per heavy atom. The van der Waals surface area contributed by atoms with Gasteiger partial charge in [-0.25, -0.2) is 23.1 Å². The number of halogens is 1. The molecule has 0 aliphatic heterocycles. The van der Waals surface area contributed by atoms with Gasteiger partial charge in [0.25, 0.3) is 10.0 Å². The van der Waals surface area contributed by atoms with Gasteiger partial charge in [0.2, 0.25) is 11.9 Å². The minimum atomic E-state index is -3.87. The maximum Gasteiger partial charge on any atom is 0.264 e. The number of carbonyl (C=O) groups excluding carboxylic acids is 2. The quantitative estimate of drug-likeness (QED) is 0.495. The van der Waals surface area contributed by atoms with Gasteiger partial charge in [0.05, 0.1) is 4.90 Å². The Labute approximate surface area is 184 Å². The lowest BCUT2D eigenvalue weighted by Crippen LogP contribution is -2.16. The molecule has 3 aromatic rings. The van der Waals surface area contributed by atoms with Gasteiger partial charge < -0.3 is 5.32 Å². The van der Waals surface area contributed by atoms with Crippen LogP contribution in [0.15, 0.2) is 65.7 Å². The van der Waals surface area contributed by atoms with Crippen LogP contribution >= 0.6 is 11.6 Å². The Morgan fingerprint density at radius 3 is 2.29 bits per heavy atom. The maximum atomic E-state index is 12.5. The molecule has 2 N–H and O–H groups in total. The van der Waals surface area contributed by atoms with Crippen molar-refractivity contribution in [1.29, 1.82) is 0 Å². The average molecular weight is 459 g/mol. The van der Waals surface area contributed by atoms with Crippen LogP contribution in [0.2, 0.25) is 5.02 Å². The van der Waals surface area contributed by atoms with Gasteiger partial charge in [-0.1, -0.05) is 11.6 Å². The zero-order chi connectivity index (χ0) is 22.4. The van der Waals surface area contributed by atoms with E-state index in [0.717, 1.165) is 0 Å². The standard InChI is InChI=1S/C21H19ClN4O4S/c1-14-12-13-23-21(24-14)26-31(29,30)18-8-6-17(7-9-18)25-20(28)11-10-19(27)15-2-4-16(22)5-3-15/h2-9,12-13H,10-11H2,1H3,(H,25,28)(H,23,24,26). The fraction of sp³-hybridized carbons (Fsp3) is 0.143. The smallest absolute Gasteiger partial charge is 0.264 e. The molecule has 0 saturated heterocycles. The largest absolute Gasteiger partial charge is 0.326 e. The Morgan fingerprint density at radius 1 is 0.968 bits per heavy atom. The lowest BCUT2D eigenvalue weighted by molar-refractivity contribution is -0.116. The molecule has 0 unspecified atom stereocenters. The van der Waals surface area contributed by atoms with E-state index in [2.05, 4.69) is 20.0 Å². The number of benzene rings is 2. The van der Waals surface area contributed by atoms with Gasteiger partial charge in [-0.2, -0.15) is 0 Å². The molecule has 31 heavy (non-hydrogen) atoms. The van der Waals surface area contributed by atoms with Crippen molar-refractivity contribution in [2.24, 2.45) is 0 Å². The molecule has 10 heteroatoms. The lowest BCUT2D eigenvalue weighted by Gasteiger charge is -2.09. The topological polar surface area (TPSA) is 118 Å². The van der Waals surface area contributed by atoms with Gasteiger partial charge >= 0.3 is 0 Å². The zero-order valence-corrected chi connectivity index (χ0v) is 18.1. The molecular weight excluding hydrogens is 440 g/mol. The number of anilines is 2. The predicted octanol–water partition coefficient (Wildman–Crippen LogP) is 3.84. The molecule has 0 radical (unpaired) electrons. The molecule has 1 heterocycles. The Kier molecular flexibility index (Phi) is 6.98. The highest BCUT2D eigenvalue weighted by molar-refractivity contribution is 7.92. The number of sulfonamides is 1. The lowest BCUT2D eigenvalue weighted by atomic mass is 10.1. The van der Waals surface area contributed by atoms with Crippen LogP contribution in [0.25, 0.3) is 0 Å². The number of Topliss-reactive ketones (excluding diaryl/α,β-unsaturated/α-hetero) is 1. The Balaban J connectivity index is 1.56. The molecule has 3 rings (SSSR count). The maximum absolute atomic E-state index is 12.5. The first kappa shape index (κ1) is 22.4. The van der Waals surface area contributed by atoms with Gasteiger partial charge in [-0.15, -0.1) is 0 Å². The van der Waals surface area contributed by atoms with Crippen LogP contribution in [-0.4, -0.2) is 30.1 Å². The third kappa shape index (κ3) is 6.34. The van der Waals surface area contributed by atoms with Crippen molar-refractivity contribution in [2.75, 3.05) is 10.0 Å². The number of nitrogens with one attached hydrogen (secondary N) is 2. The van der Waals surface area contributed by atoms with Crippen molar-refractivity contribution in [3.05, 3.63) is 77.1 Å². The molecule has 1 amide bonds. The van der Waals surface area contributed by atoms with Gasteiger partial charge in [0.1, 0.15) is 0 Å². The first-order valence-electron chi connectivity index (χ1n) is 9.24. The highest BCUT2D eigenvalue weighted by Crippen LogP contribution is 2.17. The van der Waals surface area contributed by atoms with Gasteiger partial charge in [0, 0.05) is 41.0 Å². The number of hydrogen-bond donors (Lipinski definition) is 2. The third-order valence-corrected chi connectivity index (χ3v) is 5.81. The van der Waals surface area contributed by atoms with Crippen LogP contribution in [0.5, 0.6) is 0 Å². The van der Waals surface area contributed by atoms with E-state index in [0.29, 0.717) is 22.0 Å². The third-order valence-electron chi connectivity index (χ3n) is 4.21. The summed E-state index contributed by atoms with van der Waals surface area (Å²) >= 11 is 5.80. The number of hydrogen-bond acceptors (Lipinski definition) is 6. The van der Waals surface area contributed by atoms with Crippen LogP contribution in [0.4, 0.5) is 11.6 Å². The van der Waals surface area contributed by atoms with E-state index >= 15 is 0 Å². The highest BCUT2D eigenvalue weighted by atomic mass is 35.5. The van der Waals surface area contributed by atoms with Gasteiger partial charge in [-0.3, -0.25) is 9.59 Å². The summed E-state index contributed by atoms with van der Waals surface area (Å²) in [6, 6.07) is 13.7. The molecular formula is C21H19ClN4O4S. The summed E-state index contributed by atoms with van der Waals surface area (Å²) < 4.78 is 27.2. The normalized spacial score (nSPS) is 11.0. The Hall–Kier alpha value is -3.30.